The summed E-state index contributed by atoms with van der Waals surface area (Å²) in [7, 11) is 1.62. The third kappa shape index (κ3) is 4.55. The molecule has 0 unspecified atom stereocenters. The number of nitrogens with two attached hydrogens (primary N) is 1. The SMILES string of the molecule is CCOC(=O)c1ccc(C(N)=O)c(NCCCOC)c1. The van der Waals surface area contributed by atoms with Gasteiger partial charge in [0.1, 0.15) is 0 Å². The third-order valence-corrected chi connectivity index (χ3v) is 2.64. The number of primary amides is 1. The zero-order valence-electron chi connectivity index (χ0n) is 11.8. The number of anilines is 1. The van der Waals surface area contributed by atoms with E-state index in [0.717, 1.165) is 6.42 Å². The van der Waals surface area contributed by atoms with Crippen molar-refractivity contribution >= 4 is 17.6 Å². The molecule has 0 aliphatic rings. The van der Waals surface area contributed by atoms with Gasteiger partial charge in [-0.25, -0.2) is 4.79 Å². The number of rotatable bonds is 8. The number of methoxy groups -OCH3 is 1. The van der Waals surface area contributed by atoms with Crippen LogP contribution in [-0.2, 0) is 9.47 Å². The molecule has 0 bridgehead atoms. The summed E-state index contributed by atoms with van der Waals surface area (Å²) in [5, 5.41) is 3.08. The number of amides is 1. The van der Waals surface area contributed by atoms with Gasteiger partial charge in [-0.2, -0.15) is 0 Å². The molecule has 0 aliphatic heterocycles. The largest absolute Gasteiger partial charge is 0.462 e. The number of hydrogen-bond acceptors (Lipinski definition) is 5. The molecule has 110 valence electrons. The highest BCUT2D eigenvalue weighted by Crippen LogP contribution is 2.18. The Morgan fingerprint density at radius 1 is 1.35 bits per heavy atom. The number of esters is 1. The van der Waals surface area contributed by atoms with Crippen molar-refractivity contribution in [1.82, 2.24) is 0 Å². The zero-order valence-corrected chi connectivity index (χ0v) is 11.8. The van der Waals surface area contributed by atoms with Crippen molar-refractivity contribution < 1.29 is 19.1 Å². The molecule has 1 rings (SSSR count). The number of hydrogen-bond donors (Lipinski definition) is 2. The van der Waals surface area contributed by atoms with Gasteiger partial charge in [0.2, 0.25) is 0 Å². The molecule has 0 atom stereocenters. The zero-order chi connectivity index (χ0) is 15.0. The van der Waals surface area contributed by atoms with E-state index in [1.54, 1.807) is 20.1 Å². The van der Waals surface area contributed by atoms with E-state index in [1.807, 2.05) is 0 Å². The summed E-state index contributed by atoms with van der Waals surface area (Å²) in [4.78, 5) is 23.0. The van der Waals surface area contributed by atoms with E-state index in [-0.39, 0.29) is 0 Å². The lowest BCUT2D eigenvalue weighted by Gasteiger charge is -2.11. The first-order chi connectivity index (χ1) is 9.60. The van der Waals surface area contributed by atoms with Gasteiger partial charge in [-0.1, -0.05) is 0 Å². The molecule has 20 heavy (non-hydrogen) atoms. The Labute approximate surface area is 118 Å². The van der Waals surface area contributed by atoms with Gasteiger partial charge < -0.3 is 20.5 Å². The second kappa shape index (κ2) is 8.16. The van der Waals surface area contributed by atoms with Crippen LogP contribution in [0.15, 0.2) is 18.2 Å². The second-order valence-corrected chi connectivity index (χ2v) is 4.12. The number of carbonyl (C=O) groups is 2. The molecular formula is C14H20N2O4. The maximum absolute atomic E-state index is 11.7. The topological polar surface area (TPSA) is 90.7 Å². The maximum atomic E-state index is 11.7. The number of benzene rings is 1. The molecule has 1 amide bonds. The van der Waals surface area contributed by atoms with Crippen molar-refractivity contribution in [1.29, 1.82) is 0 Å². The summed E-state index contributed by atoms with van der Waals surface area (Å²) in [6.45, 7) is 3.25. The van der Waals surface area contributed by atoms with Crippen molar-refractivity contribution in [3.05, 3.63) is 29.3 Å². The van der Waals surface area contributed by atoms with Crippen molar-refractivity contribution in [2.45, 2.75) is 13.3 Å². The first kappa shape index (κ1) is 16.0. The average Bonchev–Trinajstić information content (AvgIpc) is 2.43. The fourth-order valence-electron chi connectivity index (χ4n) is 1.69. The Hall–Kier alpha value is -2.08. The lowest BCUT2D eigenvalue weighted by molar-refractivity contribution is 0.0526. The predicted octanol–water partition coefficient (Wildman–Crippen LogP) is 1.41. The van der Waals surface area contributed by atoms with Crippen LogP contribution in [0, 0.1) is 0 Å². The van der Waals surface area contributed by atoms with Crippen LogP contribution in [0.3, 0.4) is 0 Å². The Morgan fingerprint density at radius 2 is 2.10 bits per heavy atom. The molecule has 0 heterocycles. The third-order valence-electron chi connectivity index (χ3n) is 2.64. The molecule has 0 aliphatic carbocycles. The monoisotopic (exact) mass is 280 g/mol. The maximum Gasteiger partial charge on any atom is 0.338 e. The van der Waals surface area contributed by atoms with Gasteiger partial charge in [0, 0.05) is 25.9 Å². The molecule has 6 heteroatoms. The predicted molar refractivity (Wildman–Crippen MR) is 75.9 cm³/mol. The van der Waals surface area contributed by atoms with Gasteiger partial charge in [0.25, 0.3) is 5.91 Å². The van der Waals surface area contributed by atoms with E-state index in [0.29, 0.717) is 36.6 Å². The van der Waals surface area contributed by atoms with E-state index in [2.05, 4.69) is 5.32 Å². The van der Waals surface area contributed by atoms with Crippen LogP contribution < -0.4 is 11.1 Å². The van der Waals surface area contributed by atoms with Gasteiger partial charge in [0.05, 0.1) is 17.7 Å². The number of carbonyl (C=O) groups excluding carboxylic acids is 2. The molecule has 3 N–H and O–H groups in total. The van der Waals surface area contributed by atoms with Gasteiger partial charge >= 0.3 is 5.97 Å². The summed E-state index contributed by atoms with van der Waals surface area (Å²) in [6.07, 6.45) is 0.776. The van der Waals surface area contributed by atoms with Crippen LogP contribution in [0.25, 0.3) is 0 Å². The van der Waals surface area contributed by atoms with E-state index in [1.165, 1.54) is 12.1 Å². The van der Waals surface area contributed by atoms with E-state index in [4.69, 9.17) is 15.2 Å². The van der Waals surface area contributed by atoms with E-state index in [9.17, 15) is 9.59 Å². The molecular weight excluding hydrogens is 260 g/mol. The highest BCUT2D eigenvalue weighted by Gasteiger charge is 2.13. The van der Waals surface area contributed by atoms with E-state index < -0.39 is 11.9 Å². The fourth-order valence-corrected chi connectivity index (χ4v) is 1.69. The average molecular weight is 280 g/mol. The van der Waals surface area contributed by atoms with Crippen LogP contribution in [0.1, 0.15) is 34.1 Å². The number of nitrogens with one attached hydrogen (secondary N) is 1. The van der Waals surface area contributed by atoms with Gasteiger partial charge in [0.15, 0.2) is 0 Å². The van der Waals surface area contributed by atoms with Gasteiger partial charge in [-0.3, -0.25) is 4.79 Å². The molecule has 0 aromatic heterocycles. The Bertz CT molecular complexity index is 474. The molecule has 0 radical (unpaired) electrons. The summed E-state index contributed by atoms with van der Waals surface area (Å²) in [5.74, 6) is -0.974. The summed E-state index contributed by atoms with van der Waals surface area (Å²) in [5.41, 5.74) is 6.56. The van der Waals surface area contributed by atoms with Crippen LogP contribution in [0.5, 0.6) is 0 Å². The van der Waals surface area contributed by atoms with Gasteiger partial charge in [-0.15, -0.1) is 0 Å². The van der Waals surface area contributed by atoms with Crippen LogP contribution in [-0.4, -0.2) is 38.7 Å². The van der Waals surface area contributed by atoms with Crippen molar-refractivity contribution in [2.75, 3.05) is 32.2 Å². The minimum absolute atomic E-state index is 0.299. The molecule has 1 aromatic carbocycles. The highest BCUT2D eigenvalue weighted by atomic mass is 16.5. The first-order valence-corrected chi connectivity index (χ1v) is 6.44. The fraction of sp³-hybridized carbons (Fsp3) is 0.429. The Morgan fingerprint density at radius 3 is 2.70 bits per heavy atom. The molecule has 1 aromatic rings. The van der Waals surface area contributed by atoms with Crippen molar-refractivity contribution in [2.24, 2.45) is 5.73 Å². The van der Waals surface area contributed by atoms with Crippen molar-refractivity contribution in [3.63, 3.8) is 0 Å². The molecule has 0 fully saturated rings. The second-order valence-electron chi connectivity index (χ2n) is 4.12. The minimum atomic E-state index is -0.547. The Balaban J connectivity index is 2.88. The standard InChI is InChI=1S/C14H20N2O4/c1-3-20-14(18)10-5-6-11(13(15)17)12(9-10)16-7-4-8-19-2/h5-6,9,16H,3-4,7-8H2,1-2H3,(H2,15,17). The highest BCUT2D eigenvalue weighted by molar-refractivity contribution is 6.00. The smallest absolute Gasteiger partial charge is 0.338 e. The molecule has 0 saturated carbocycles. The first-order valence-electron chi connectivity index (χ1n) is 6.44. The number of ether oxygens (including phenoxy) is 2. The molecule has 0 saturated heterocycles. The lowest BCUT2D eigenvalue weighted by Crippen LogP contribution is -2.16. The van der Waals surface area contributed by atoms with E-state index >= 15 is 0 Å². The normalized spacial score (nSPS) is 10.1. The van der Waals surface area contributed by atoms with Crippen LogP contribution >= 0.6 is 0 Å². The lowest BCUT2D eigenvalue weighted by atomic mass is 10.1. The van der Waals surface area contributed by atoms with Crippen LogP contribution in [0.2, 0.25) is 0 Å². The van der Waals surface area contributed by atoms with Crippen molar-refractivity contribution in [3.8, 4) is 0 Å². The minimum Gasteiger partial charge on any atom is -0.462 e. The molecule has 6 nitrogen and oxygen atoms in total. The summed E-state index contributed by atoms with van der Waals surface area (Å²) in [6, 6.07) is 4.62. The molecule has 0 spiro atoms. The van der Waals surface area contributed by atoms with Gasteiger partial charge in [-0.05, 0) is 31.5 Å². The van der Waals surface area contributed by atoms with Crippen LogP contribution in [0.4, 0.5) is 5.69 Å². The summed E-state index contributed by atoms with van der Waals surface area (Å²) < 4.78 is 9.87. The Kier molecular flexibility index (Phi) is 6.52. The summed E-state index contributed by atoms with van der Waals surface area (Å²) >= 11 is 0. The quantitative estimate of drug-likeness (QED) is 0.555.